The molecule has 0 aromatic carbocycles. The van der Waals surface area contributed by atoms with Crippen molar-refractivity contribution in [3.8, 4) is 0 Å². The minimum atomic E-state index is -5.84. The largest absolute Gasteiger partial charge is 0.490 e. The highest BCUT2D eigenvalue weighted by Crippen LogP contribution is 2.67. The zero-order chi connectivity index (χ0) is 26.3. The van der Waals surface area contributed by atoms with Gasteiger partial charge in [0.05, 0.1) is 0 Å². The van der Waals surface area contributed by atoms with E-state index in [0.29, 0.717) is 0 Å². The zero-order valence-corrected chi connectivity index (χ0v) is 20.2. The molecular weight excluding hydrogens is 529 g/mol. The van der Waals surface area contributed by atoms with Crippen molar-refractivity contribution in [1.29, 1.82) is 0 Å². The van der Waals surface area contributed by atoms with Gasteiger partial charge in [0.2, 0.25) is 0 Å². The first-order valence-corrected chi connectivity index (χ1v) is 13.6. The zero-order valence-electron chi connectivity index (χ0n) is 17.5. The molecule has 0 aliphatic carbocycles. The number of aromatic amines is 1. The molecule has 1 saturated heterocycles. The van der Waals surface area contributed by atoms with Crippen LogP contribution in [0.2, 0.25) is 0 Å². The Bertz CT molecular complexity index is 1170. The summed E-state index contributed by atoms with van der Waals surface area (Å²) in [6.45, 7) is 6.22. The van der Waals surface area contributed by atoms with E-state index in [1.54, 1.807) is 0 Å². The molecule has 194 valence electrons. The quantitative estimate of drug-likeness (QED) is 0.137. The fourth-order valence-corrected chi connectivity index (χ4v) is 6.31. The third-order valence-electron chi connectivity index (χ3n) is 4.62. The third-order valence-corrected chi connectivity index (χ3v) is 8.44. The highest BCUT2D eigenvalue weighted by Gasteiger charge is 2.54. The maximum atomic E-state index is 12.4. The first-order chi connectivity index (χ1) is 15.3. The minimum absolute atomic E-state index is 0.720. The number of aliphatic hydroxyl groups is 2. The molecular formula is C14H23N2O15P3. The Morgan fingerprint density at radius 2 is 1.71 bits per heavy atom. The topological polar surface area (TPSA) is 264 Å². The van der Waals surface area contributed by atoms with E-state index in [1.807, 2.05) is 4.98 Å². The Morgan fingerprint density at radius 3 is 2.21 bits per heavy atom. The lowest BCUT2D eigenvalue weighted by Gasteiger charge is -2.36. The molecule has 0 spiro atoms. The molecule has 1 aromatic heterocycles. The van der Waals surface area contributed by atoms with Crippen LogP contribution in [0.15, 0.2) is 34.5 Å². The molecule has 7 atom stereocenters. The molecule has 1 aromatic rings. The molecule has 1 aliphatic rings. The fourth-order valence-electron chi connectivity index (χ4n) is 2.97. The van der Waals surface area contributed by atoms with Gasteiger partial charge in [-0.1, -0.05) is 19.9 Å². The van der Waals surface area contributed by atoms with Crippen LogP contribution in [-0.2, 0) is 31.6 Å². The summed E-state index contributed by atoms with van der Waals surface area (Å²) in [4.78, 5) is 61.8. The van der Waals surface area contributed by atoms with Crippen molar-refractivity contribution in [3.05, 3.63) is 45.8 Å². The van der Waals surface area contributed by atoms with E-state index in [1.165, 1.54) is 19.9 Å². The summed E-state index contributed by atoms with van der Waals surface area (Å²) >= 11 is 0. The molecule has 20 heteroatoms. The van der Waals surface area contributed by atoms with Crippen LogP contribution in [0.25, 0.3) is 0 Å². The Labute approximate surface area is 190 Å². The average Bonchev–Trinajstić information content (AvgIpc) is 2.92. The van der Waals surface area contributed by atoms with Crippen LogP contribution in [-0.4, -0.2) is 63.8 Å². The summed E-state index contributed by atoms with van der Waals surface area (Å²) in [6.07, 6.45) is -6.70. The van der Waals surface area contributed by atoms with Crippen molar-refractivity contribution in [2.75, 3.05) is 0 Å². The number of phosphoric ester groups is 1. The lowest BCUT2D eigenvalue weighted by Crippen LogP contribution is -2.46. The van der Waals surface area contributed by atoms with Crippen LogP contribution < -0.4 is 11.2 Å². The van der Waals surface area contributed by atoms with Crippen molar-refractivity contribution in [2.24, 2.45) is 5.41 Å². The van der Waals surface area contributed by atoms with Gasteiger partial charge >= 0.3 is 29.2 Å². The Balaban J connectivity index is 2.39. The summed E-state index contributed by atoms with van der Waals surface area (Å²) in [5.41, 5.74) is -3.18. The Kier molecular flexibility index (Phi) is 8.51. The SMILES string of the molecule is C=CC(C)(C)C(OP(=O)(O)OP(=O)(O)OP(=O)(O)O)[C@H]1O[C@@H](n2ccc(=O)[nH]c2=O)[C@H](O)[C@@H]1O. The standard InChI is InChI=1S/C14H23N2O15P3/c1-4-14(2,3)11(29-33(24,25)31-34(26,27)30-32(21,22)23)10-8(18)9(19)12(28-10)16-6-5-7(17)15-13(16)20/h4-6,8-12,18-19H,1H2,2-3H3,(H,24,25)(H,26,27)(H,15,17,20)(H2,21,22,23)/t8-,9+,10-,11?,12+/m0/s1. The Morgan fingerprint density at radius 1 is 1.12 bits per heavy atom. The number of phosphoric acid groups is 3. The van der Waals surface area contributed by atoms with Crippen LogP contribution in [0.1, 0.15) is 20.1 Å². The predicted molar refractivity (Wildman–Crippen MR) is 110 cm³/mol. The Hall–Kier alpha value is -1.29. The van der Waals surface area contributed by atoms with Crippen LogP contribution >= 0.6 is 23.5 Å². The van der Waals surface area contributed by atoms with Crippen LogP contribution in [0.3, 0.4) is 0 Å². The predicted octanol–water partition coefficient (Wildman–Crippen LogP) is -0.920. The maximum Gasteiger partial charge on any atom is 0.490 e. The monoisotopic (exact) mass is 552 g/mol. The lowest BCUT2D eigenvalue weighted by atomic mass is 9.82. The van der Waals surface area contributed by atoms with Crippen molar-refractivity contribution >= 4 is 23.5 Å². The van der Waals surface area contributed by atoms with Gasteiger partial charge in [0.1, 0.15) is 24.4 Å². The molecule has 3 unspecified atom stereocenters. The van der Waals surface area contributed by atoms with Crippen LogP contribution in [0.4, 0.5) is 0 Å². The first-order valence-electron chi connectivity index (χ1n) is 9.07. The molecule has 17 nitrogen and oxygen atoms in total. The number of aliphatic hydroxyl groups excluding tert-OH is 2. The van der Waals surface area contributed by atoms with Gasteiger partial charge in [0, 0.05) is 17.7 Å². The third kappa shape index (κ3) is 7.12. The van der Waals surface area contributed by atoms with Crippen LogP contribution in [0, 0.1) is 5.41 Å². The molecule has 0 radical (unpaired) electrons. The number of nitrogens with zero attached hydrogens (tertiary/aromatic N) is 1. The smallest absolute Gasteiger partial charge is 0.387 e. The van der Waals surface area contributed by atoms with E-state index < -0.39 is 70.8 Å². The molecule has 7 N–H and O–H groups in total. The summed E-state index contributed by atoms with van der Waals surface area (Å²) in [5.74, 6) is 0. The second-order valence-electron chi connectivity index (χ2n) is 7.63. The maximum absolute atomic E-state index is 12.4. The number of ether oxygens (including phenoxy) is 1. The normalized spacial score (nSPS) is 28.1. The summed E-state index contributed by atoms with van der Waals surface area (Å²) in [7, 11) is -17.2. The number of H-pyrrole nitrogens is 1. The van der Waals surface area contributed by atoms with Gasteiger partial charge < -0.3 is 34.5 Å². The van der Waals surface area contributed by atoms with E-state index in [4.69, 9.17) is 19.0 Å². The number of rotatable bonds is 10. The molecule has 2 heterocycles. The summed E-state index contributed by atoms with van der Waals surface area (Å²) in [5, 5.41) is 20.9. The molecule has 0 amide bonds. The first kappa shape index (κ1) is 28.9. The fraction of sp³-hybridized carbons (Fsp3) is 0.571. The van der Waals surface area contributed by atoms with Crippen molar-refractivity contribution in [3.63, 3.8) is 0 Å². The van der Waals surface area contributed by atoms with E-state index in [-0.39, 0.29) is 0 Å². The van der Waals surface area contributed by atoms with E-state index >= 15 is 0 Å². The minimum Gasteiger partial charge on any atom is -0.387 e. The van der Waals surface area contributed by atoms with Crippen LogP contribution in [0.5, 0.6) is 0 Å². The summed E-state index contributed by atoms with van der Waals surface area (Å²) in [6, 6.07) is 0.925. The molecule has 1 aliphatic heterocycles. The second-order valence-corrected chi connectivity index (χ2v) is 12.0. The van der Waals surface area contributed by atoms with E-state index in [0.717, 1.165) is 16.8 Å². The highest BCUT2D eigenvalue weighted by molar-refractivity contribution is 7.66. The van der Waals surface area contributed by atoms with Crippen molar-refractivity contribution < 1.29 is 61.4 Å². The summed E-state index contributed by atoms with van der Waals surface area (Å²) < 4.78 is 53.3. The average molecular weight is 552 g/mol. The second kappa shape index (κ2) is 9.99. The highest BCUT2D eigenvalue weighted by atomic mass is 31.3. The van der Waals surface area contributed by atoms with Gasteiger partial charge in [-0.15, -0.1) is 6.58 Å². The molecule has 0 saturated carbocycles. The van der Waals surface area contributed by atoms with E-state index in [9.17, 15) is 43.3 Å². The van der Waals surface area contributed by atoms with Crippen molar-refractivity contribution in [1.82, 2.24) is 9.55 Å². The van der Waals surface area contributed by atoms with Crippen molar-refractivity contribution in [2.45, 2.75) is 44.5 Å². The molecule has 0 bridgehead atoms. The van der Waals surface area contributed by atoms with E-state index in [2.05, 4.69) is 15.2 Å². The number of aromatic nitrogens is 2. The molecule has 2 rings (SSSR count). The van der Waals surface area contributed by atoms with Gasteiger partial charge in [-0.2, -0.15) is 8.62 Å². The van der Waals surface area contributed by atoms with Gasteiger partial charge in [0.25, 0.3) is 5.56 Å². The van der Waals surface area contributed by atoms with Gasteiger partial charge in [-0.25, -0.2) is 18.5 Å². The van der Waals surface area contributed by atoms with Gasteiger partial charge in [-0.05, 0) is 0 Å². The lowest BCUT2D eigenvalue weighted by molar-refractivity contribution is -0.107. The molecule has 34 heavy (non-hydrogen) atoms. The molecule has 1 fully saturated rings. The number of hydrogen-bond acceptors (Lipinski definition) is 11. The van der Waals surface area contributed by atoms with Gasteiger partial charge in [0.15, 0.2) is 6.23 Å². The number of hydrogen-bond donors (Lipinski definition) is 7. The number of nitrogens with one attached hydrogen (secondary N) is 1. The van der Waals surface area contributed by atoms with Gasteiger partial charge in [-0.3, -0.25) is 18.9 Å².